The lowest BCUT2D eigenvalue weighted by Crippen LogP contribution is -2.36. The van der Waals surface area contributed by atoms with Gasteiger partial charge in [0.1, 0.15) is 0 Å². The number of nitrogens with one attached hydrogen (secondary N) is 2. The molecule has 0 bridgehead atoms. The van der Waals surface area contributed by atoms with E-state index in [0.29, 0.717) is 30.6 Å². The number of nitrogens with zero attached hydrogens (tertiary/aromatic N) is 3. The number of amides is 2. The van der Waals surface area contributed by atoms with Crippen molar-refractivity contribution in [2.24, 2.45) is 0 Å². The second kappa shape index (κ2) is 7.41. The molecule has 0 aliphatic carbocycles. The molecule has 1 atom stereocenters. The van der Waals surface area contributed by atoms with Crippen LogP contribution >= 0.6 is 0 Å². The molecule has 1 aromatic carbocycles. The second-order valence-corrected chi connectivity index (χ2v) is 6.47. The Labute approximate surface area is 156 Å². The van der Waals surface area contributed by atoms with Crippen LogP contribution in [-0.4, -0.2) is 32.6 Å². The molecule has 0 radical (unpaired) electrons. The van der Waals surface area contributed by atoms with Gasteiger partial charge in [0.2, 0.25) is 0 Å². The van der Waals surface area contributed by atoms with Gasteiger partial charge in [0.15, 0.2) is 0 Å². The third-order valence-corrected chi connectivity index (χ3v) is 4.60. The molecule has 7 heteroatoms. The van der Waals surface area contributed by atoms with Gasteiger partial charge in [-0.15, -0.1) is 0 Å². The van der Waals surface area contributed by atoms with Crippen molar-refractivity contribution in [3.63, 3.8) is 0 Å². The highest BCUT2D eigenvalue weighted by Crippen LogP contribution is 2.19. The molecule has 2 N–H and O–H groups in total. The molecular weight excluding hydrogens is 342 g/mol. The maximum absolute atomic E-state index is 12.5. The van der Waals surface area contributed by atoms with E-state index in [0.717, 1.165) is 11.3 Å². The van der Waals surface area contributed by atoms with E-state index < -0.39 is 0 Å². The number of aromatic nitrogens is 3. The van der Waals surface area contributed by atoms with Crippen LogP contribution in [0.25, 0.3) is 0 Å². The normalized spacial score (nSPS) is 15.2. The molecule has 2 aromatic heterocycles. The zero-order valence-corrected chi connectivity index (χ0v) is 14.6. The third kappa shape index (κ3) is 3.72. The highest BCUT2D eigenvalue weighted by molar-refractivity contribution is 5.96. The van der Waals surface area contributed by atoms with Crippen LogP contribution in [0.3, 0.4) is 0 Å². The fraction of sp³-hybridized carbons (Fsp3) is 0.200. The molecule has 2 amide bonds. The van der Waals surface area contributed by atoms with Crippen molar-refractivity contribution in [3.05, 3.63) is 83.4 Å². The molecule has 27 heavy (non-hydrogen) atoms. The van der Waals surface area contributed by atoms with Gasteiger partial charge in [-0.3, -0.25) is 19.3 Å². The summed E-state index contributed by atoms with van der Waals surface area (Å²) >= 11 is 0. The van der Waals surface area contributed by atoms with E-state index in [-0.39, 0.29) is 17.9 Å². The monoisotopic (exact) mass is 361 g/mol. The summed E-state index contributed by atoms with van der Waals surface area (Å²) in [4.78, 5) is 28.7. The fourth-order valence-electron chi connectivity index (χ4n) is 3.22. The maximum atomic E-state index is 12.5. The quantitative estimate of drug-likeness (QED) is 0.722. The lowest BCUT2D eigenvalue weighted by atomic mass is 10.1. The van der Waals surface area contributed by atoms with Crippen molar-refractivity contribution < 1.29 is 9.59 Å². The predicted molar refractivity (Wildman–Crippen MR) is 99.0 cm³/mol. The maximum Gasteiger partial charge on any atom is 0.255 e. The minimum Gasteiger partial charge on any atom is -0.348 e. The van der Waals surface area contributed by atoms with E-state index in [1.807, 2.05) is 30.3 Å². The molecule has 1 aliphatic heterocycles. The summed E-state index contributed by atoms with van der Waals surface area (Å²) < 4.78 is 1.79. The van der Waals surface area contributed by atoms with Crippen LogP contribution in [0.4, 0.5) is 0 Å². The van der Waals surface area contributed by atoms with Crippen LogP contribution in [0, 0.1) is 0 Å². The SMILES string of the molecule is O=C(N[C@H]1Cc2c(C(=O)NCc3ccccc3)cnn2C1)c1ccncc1. The van der Waals surface area contributed by atoms with E-state index in [1.165, 1.54) is 0 Å². The van der Waals surface area contributed by atoms with Gasteiger partial charge in [-0.1, -0.05) is 30.3 Å². The molecule has 0 saturated heterocycles. The van der Waals surface area contributed by atoms with Crippen LogP contribution in [0.1, 0.15) is 32.0 Å². The van der Waals surface area contributed by atoms with Crippen LogP contribution in [0.5, 0.6) is 0 Å². The Balaban J connectivity index is 1.38. The summed E-state index contributed by atoms with van der Waals surface area (Å²) in [6.45, 7) is 1.02. The zero-order chi connectivity index (χ0) is 18.6. The molecule has 4 rings (SSSR count). The predicted octanol–water partition coefficient (Wildman–Crippen LogP) is 1.56. The first-order chi connectivity index (χ1) is 13.2. The number of hydrogen-bond acceptors (Lipinski definition) is 4. The topological polar surface area (TPSA) is 88.9 Å². The van der Waals surface area contributed by atoms with Crippen LogP contribution in [-0.2, 0) is 19.5 Å². The van der Waals surface area contributed by atoms with Crippen molar-refractivity contribution in [3.8, 4) is 0 Å². The molecule has 3 aromatic rings. The standard InChI is InChI=1S/C20H19N5O2/c26-19(15-6-8-21-9-7-15)24-16-10-18-17(12-23-25(18)13-16)20(27)22-11-14-4-2-1-3-5-14/h1-9,12,16H,10-11,13H2,(H,22,27)(H,24,26)/t16-/m0/s1. The Morgan fingerprint density at radius 2 is 1.85 bits per heavy atom. The molecule has 0 unspecified atom stereocenters. The molecular formula is C20H19N5O2. The van der Waals surface area contributed by atoms with Gasteiger partial charge >= 0.3 is 0 Å². The van der Waals surface area contributed by atoms with Gasteiger partial charge in [0.05, 0.1) is 30.0 Å². The third-order valence-electron chi connectivity index (χ3n) is 4.60. The largest absolute Gasteiger partial charge is 0.348 e. The van der Waals surface area contributed by atoms with Crippen molar-refractivity contribution in [1.82, 2.24) is 25.4 Å². The highest BCUT2D eigenvalue weighted by atomic mass is 16.2. The number of pyridine rings is 1. The average Bonchev–Trinajstić information content (AvgIpc) is 3.27. The molecule has 0 fully saturated rings. The van der Waals surface area contributed by atoms with Gasteiger partial charge < -0.3 is 10.6 Å². The number of carbonyl (C=O) groups is 2. The van der Waals surface area contributed by atoms with Gasteiger partial charge in [-0.2, -0.15) is 5.10 Å². The summed E-state index contributed by atoms with van der Waals surface area (Å²) in [5.74, 6) is -0.301. The van der Waals surface area contributed by atoms with Gasteiger partial charge in [0, 0.05) is 30.9 Å². The average molecular weight is 361 g/mol. The first-order valence-corrected chi connectivity index (χ1v) is 8.78. The minimum atomic E-state index is -0.152. The smallest absolute Gasteiger partial charge is 0.255 e. The van der Waals surface area contributed by atoms with Crippen molar-refractivity contribution >= 4 is 11.8 Å². The van der Waals surface area contributed by atoms with Crippen LogP contribution in [0.2, 0.25) is 0 Å². The van der Waals surface area contributed by atoms with Crippen molar-refractivity contribution in [2.75, 3.05) is 0 Å². The number of carbonyl (C=O) groups excluding carboxylic acids is 2. The molecule has 3 heterocycles. The Morgan fingerprint density at radius 1 is 1.07 bits per heavy atom. The lowest BCUT2D eigenvalue weighted by molar-refractivity contribution is 0.0934. The zero-order valence-electron chi connectivity index (χ0n) is 14.6. The summed E-state index contributed by atoms with van der Waals surface area (Å²) in [6.07, 6.45) is 5.34. The van der Waals surface area contributed by atoms with Crippen molar-refractivity contribution in [1.29, 1.82) is 0 Å². The van der Waals surface area contributed by atoms with Crippen LogP contribution < -0.4 is 10.6 Å². The van der Waals surface area contributed by atoms with E-state index in [4.69, 9.17) is 0 Å². The number of fused-ring (bicyclic) bond motifs is 1. The summed E-state index contributed by atoms with van der Waals surface area (Å²) in [6, 6.07) is 13.0. The van der Waals surface area contributed by atoms with E-state index >= 15 is 0 Å². The van der Waals surface area contributed by atoms with Crippen molar-refractivity contribution in [2.45, 2.75) is 25.6 Å². The van der Waals surface area contributed by atoms with E-state index in [2.05, 4.69) is 20.7 Å². The number of rotatable bonds is 5. The van der Waals surface area contributed by atoms with E-state index in [9.17, 15) is 9.59 Å². The first-order valence-electron chi connectivity index (χ1n) is 8.78. The lowest BCUT2D eigenvalue weighted by Gasteiger charge is -2.11. The molecule has 1 aliphatic rings. The molecule has 0 saturated carbocycles. The Hall–Kier alpha value is -3.48. The Bertz CT molecular complexity index is 953. The molecule has 0 spiro atoms. The summed E-state index contributed by atoms with van der Waals surface area (Å²) in [5, 5.41) is 10.2. The summed E-state index contributed by atoms with van der Waals surface area (Å²) in [7, 11) is 0. The van der Waals surface area contributed by atoms with Gasteiger partial charge in [0.25, 0.3) is 11.8 Å². The Morgan fingerprint density at radius 3 is 2.63 bits per heavy atom. The van der Waals surface area contributed by atoms with E-state index in [1.54, 1.807) is 35.4 Å². The fourth-order valence-corrected chi connectivity index (χ4v) is 3.22. The minimum absolute atomic E-state index is 0.0879. The summed E-state index contributed by atoms with van der Waals surface area (Å²) in [5.41, 5.74) is 3.01. The van der Waals surface area contributed by atoms with Gasteiger partial charge in [-0.25, -0.2) is 0 Å². The molecule has 7 nitrogen and oxygen atoms in total. The van der Waals surface area contributed by atoms with Crippen LogP contribution in [0.15, 0.2) is 61.1 Å². The molecule has 136 valence electrons. The first kappa shape index (κ1) is 17.0. The Kier molecular flexibility index (Phi) is 4.65. The number of benzene rings is 1. The second-order valence-electron chi connectivity index (χ2n) is 6.47. The van der Waals surface area contributed by atoms with Gasteiger partial charge in [-0.05, 0) is 17.7 Å². The number of hydrogen-bond donors (Lipinski definition) is 2. The highest BCUT2D eigenvalue weighted by Gasteiger charge is 2.28.